The zero-order valence-electron chi connectivity index (χ0n) is 46.6. The number of esters is 3. The predicted molar refractivity (Wildman–Crippen MR) is 285 cm³/mol. The number of non-ortho nitro benzene ring substituents is 1. The molecule has 4 saturated carbocycles. The normalized spacial score (nSPS) is 27.1. The third-order valence-electron chi connectivity index (χ3n) is 15.8. The Morgan fingerprint density at radius 2 is 1.09 bits per heavy atom. The highest BCUT2D eigenvalue weighted by Gasteiger charge is 2.63. The van der Waals surface area contributed by atoms with Gasteiger partial charge in [0, 0.05) is 55.4 Å². The summed E-state index contributed by atoms with van der Waals surface area (Å²) in [4.78, 5) is 131. The molecule has 7 N–H and O–H groups in total. The molecule has 2 saturated heterocycles. The van der Waals surface area contributed by atoms with Gasteiger partial charge in [0.1, 0.15) is 41.3 Å². The number of nitrogens with zero attached hydrogens (tertiary/aromatic N) is 3. The first-order chi connectivity index (χ1) is 37.1. The molecule has 1 aromatic rings. The Morgan fingerprint density at radius 1 is 0.684 bits per heavy atom. The Balaban J connectivity index is 0.000000265. The zero-order valence-corrected chi connectivity index (χ0v) is 46.6. The summed E-state index contributed by atoms with van der Waals surface area (Å²) < 4.78 is 15.5. The topological polar surface area (TPSA) is 323 Å². The zero-order chi connectivity index (χ0) is 58.4. The molecule has 1 aromatic carbocycles. The lowest BCUT2D eigenvalue weighted by Crippen LogP contribution is -2.60. The number of carbonyl (C=O) groups is 9. The monoisotopic (exact) mass is 1110 g/mol. The van der Waals surface area contributed by atoms with Gasteiger partial charge in [0.05, 0.1) is 37.4 Å². The molecule has 7 rings (SSSR count). The Hall–Kier alpha value is -7.11. The largest absolute Gasteiger partial charge is 0.467 e. The molecular weight excluding hydrogens is 1030 g/mol. The van der Waals surface area contributed by atoms with Crippen LogP contribution in [0.4, 0.5) is 15.3 Å². The van der Waals surface area contributed by atoms with Crippen LogP contribution in [0.5, 0.6) is 0 Å². The molecule has 10 atom stereocenters. The number of carbonyl (C=O) groups excluding carboxylic acids is 9. The number of nitro groups is 1. The molecule has 0 bridgehead atoms. The van der Waals surface area contributed by atoms with E-state index in [1.165, 1.54) is 48.3 Å². The van der Waals surface area contributed by atoms with E-state index in [9.17, 15) is 58.4 Å². The van der Waals surface area contributed by atoms with E-state index in [-0.39, 0.29) is 67.5 Å². The van der Waals surface area contributed by atoms with Crippen LogP contribution in [0.25, 0.3) is 0 Å². The molecule has 79 heavy (non-hydrogen) atoms. The smallest absolute Gasteiger partial charge is 0.338 e. The number of hydrogen-bond donors (Lipinski definition) is 7. The number of urea groups is 2. The number of hydrogen-bond acceptors (Lipinski definition) is 15. The molecule has 24 nitrogen and oxygen atoms in total. The van der Waals surface area contributed by atoms with E-state index in [4.69, 9.17) is 14.2 Å². The summed E-state index contributed by atoms with van der Waals surface area (Å²) in [5.41, 5.74) is -4.07. The summed E-state index contributed by atoms with van der Waals surface area (Å²) in [6.45, 7) is 18.1. The van der Waals surface area contributed by atoms with Gasteiger partial charge >= 0.3 is 30.0 Å². The second-order valence-corrected chi connectivity index (χ2v) is 23.8. The van der Waals surface area contributed by atoms with Gasteiger partial charge in [-0.2, -0.15) is 0 Å². The van der Waals surface area contributed by atoms with Gasteiger partial charge < -0.3 is 61.0 Å². The Bertz CT molecular complexity index is 2520. The highest BCUT2D eigenvalue weighted by molar-refractivity contribution is 5.98. The minimum Gasteiger partial charge on any atom is -0.467 e. The van der Waals surface area contributed by atoms with Gasteiger partial charge in [0.2, 0.25) is 23.6 Å². The van der Waals surface area contributed by atoms with Crippen LogP contribution in [0.15, 0.2) is 49.6 Å². The molecule has 2 heterocycles. The molecular formula is C55H79N9O15. The van der Waals surface area contributed by atoms with Crippen LogP contribution in [0.2, 0.25) is 0 Å². The van der Waals surface area contributed by atoms with Crippen molar-refractivity contribution in [3.63, 3.8) is 0 Å². The average Bonchev–Trinajstić information content (AvgIpc) is 4.03. The number of ether oxygens (including phenoxy) is 3. The van der Waals surface area contributed by atoms with Crippen LogP contribution >= 0.6 is 0 Å². The lowest BCUT2D eigenvalue weighted by atomic mass is 9.85. The number of nitro benzene ring substituents is 1. The fourth-order valence-electron chi connectivity index (χ4n) is 11.1. The van der Waals surface area contributed by atoms with Crippen LogP contribution in [0.1, 0.15) is 129 Å². The molecule has 0 radical (unpaired) electrons. The second-order valence-electron chi connectivity index (χ2n) is 23.8. The molecule has 8 amide bonds. The van der Waals surface area contributed by atoms with Crippen molar-refractivity contribution in [2.24, 2.45) is 22.7 Å². The standard InChI is InChI=1S/C31H41N5O9.C24H38N4O6/c1-6-19-16-31(19,28(40)44-5)34-25(37)23-15-22(45-27(39)18-11-13-21(14-12-18)36(42)43)17-35(23)26(38)24(30(2,3)4)33-29(41)32-20-9-7-8-10-20;1-6-14-12-24(14,21(32)34-5)27-19(30)17-11-16(29)13-28(17)20(31)18(23(2,3)4)26-22(33)25-15-9-7-8-10-15/h6,11-14,19-20,22-24H,1,7-10,15-17H2,2-5H3,(H,34,37)(H2,32,33,41);6,14-18,29H,1,7-13H2,2-5H3,(H,27,30)(H2,25,26,33)/t19-,22+,23+,24-,31-;14-,16+,17+,18-,24-/m11/s1. The van der Waals surface area contributed by atoms with E-state index in [1.807, 2.05) is 20.8 Å². The van der Waals surface area contributed by atoms with Gasteiger partial charge in [-0.15, -0.1) is 13.2 Å². The highest BCUT2D eigenvalue weighted by atomic mass is 16.6. The van der Waals surface area contributed by atoms with Gasteiger partial charge in [-0.25, -0.2) is 24.0 Å². The third kappa shape index (κ3) is 14.4. The molecule has 24 heteroatoms. The molecule has 434 valence electrons. The van der Waals surface area contributed by atoms with Gasteiger partial charge in [0.25, 0.3) is 5.69 Å². The van der Waals surface area contributed by atoms with Gasteiger partial charge in [-0.1, -0.05) is 79.4 Å². The lowest BCUT2D eigenvalue weighted by molar-refractivity contribution is -0.384. The summed E-state index contributed by atoms with van der Waals surface area (Å²) >= 11 is 0. The number of β-amino-alcohol motifs (C(OH)–C–C–N with tert-alkyl or cyclic N) is 1. The van der Waals surface area contributed by atoms with Crippen molar-refractivity contribution in [1.29, 1.82) is 0 Å². The van der Waals surface area contributed by atoms with Crippen LogP contribution in [-0.2, 0) is 43.0 Å². The summed E-state index contributed by atoms with van der Waals surface area (Å²) in [6, 6.07) is -0.0260. The summed E-state index contributed by atoms with van der Waals surface area (Å²) in [5, 5.41) is 38.2. The van der Waals surface area contributed by atoms with Gasteiger partial charge in [-0.3, -0.25) is 29.3 Å². The van der Waals surface area contributed by atoms with Crippen molar-refractivity contribution in [3.05, 3.63) is 65.3 Å². The Kier molecular flexibility index (Phi) is 19.3. The van der Waals surface area contributed by atoms with E-state index in [0.29, 0.717) is 6.42 Å². The summed E-state index contributed by atoms with van der Waals surface area (Å²) in [5.74, 6) is -4.81. The van der Waals surface area contributed by atoms with E-state index in [2.05, 4.69) is 45.1 Å². The Morgan fingerprint density at radius 3 is 1.46 bits per heavy atom. The Labute approximate surface area is 460 Å². The van der Waals surface area contributed by atoms with Crippen LogP contribution < -0.4 is 31.9 Å². The maximum Gasteiger partial charge on any atom is 0.338 e. The number of benzene rings is 1. The third-order valence-corrected chi connectivity index (χ3v) is 15.8. The number of aliphatic hydroxyl groups is 1. The minimum atomic E-state index is -1.32. The maximum atomic E-state index is 14.2. The highest BCUT2D eigenvalue weighted by Crippen LogP contribution is 2.47. The quantitative estimate of drug-likeness (QED) is 0.0386. The summed E-state index contributed by atoms with van der Waals surface area (Å²) in [7, 11) is 2.46. The number of rotatable bonds is 17. The van der Waals surface area contributed by atoms with Crippen molar-refractivity contribution in [2.45, 2.75) is 178 Å². The fraction of sp³-hybridized carbons (Fsp3) is 0.655. The van der Waals surface area contributed by atoms with Crippen molar-refractivity contribution in [3.8, 4) is 0 Å². The maximum absolute atomic E-state index is 14.2. The van der Waals surface area contributed by atoms with Crippen molar-refractivity contribution in [2.75, 3.05) is 27.3 Å². The van der Waals surface area contributed by atoms with E-state index in [1.54, 1.807) is 32.9 Å². The number of methoxy groups -OCH3 is 2. The molecule has 0 unspecified atom stereocenters. The fourth-order valence-corrected chi connectivity index (χ4v) is 11.1. The number of amides is 8. The van der Waals surface area contributed by atoms with Crippen molar-refractivity contribution < 1.29 is 67.4 Å². The minimum absolute atomic E-state index is 0.0140. The molecule has 2 aliphatic heterocycles. The second kappa shape index (κ2) is 24.9. The first-order valence-corrected chi connectivity index (χ1v) is 27.1. The van der Waals surface area contributed by atoms with Gasteiger partial charge in [0.15, 0.2) is 0 Å². The van der Waals surface area contributed by atoms with E-state index < -0.39 is 117 Å². The van der Waals surface area contributed by atoms with Gasteiger partial charge in [-0.05, 0) is 61.5 Å². The molecule has 6 fully saturated rings. The first kappa shape index (κ1) is 61.1. The molecule has 4 aliphatic carbocycles. The molecule has 6 aliphatic rings. The summed E-state index contributed by atoms with van der Waals surface area (Å²) in [6.07, 6.45) is 9.60. The van der Waals surface area contributed by atoms with Crippen LogP contribution in [0, 0.1) is 32.8 Å². The van der Waals surface area contributed by atoms with Crippen LogP contribution in [0.3, 0.4) is 0 Å². The molecule has 0 spiro atoms. The predicted octanol–water partition coefficient (Wildman–Crippen LogP) is 3.45. The first-order valence-electron chi connectivity index (χ1n) is 27.1. The SMILES string of the molecule is C=C[C@@H]1C[C@]1(NC(=O)[C@@H]1C[C@H](O)CN1C(=O)[C@@H](NC(=O)NC1CCCC1)C(C)(C)C)C(=O)OC.C=C[C@@H]1C[C@]1(NC(=O)[C@@H]1C[C@H](OC(=O)c2ccc([N+](=O)[O-])cc2)CN1C(=O)[C@@H](NC(=O)NC1CCCC1)C(C)(C)C)C(=O)OC. The number of aliphatic hydroxyl groups excluding tert-OH is 1. The van der Waals surface area contributed by atoms with Crippen molar-refractivity contribution >= 4 is 59.3 Å². The van der Waals surface area contributed by atoms with Crippen LogP contribution in [-0.4, -0.2) is 160 Å². The molecule has 0 aromatic heterocycles. The number of nitrogens with one attached hydrogen (secondary N) is 6. The van der Waals surface area contributed by atoms with Crippen molar-refractivity contribution in [1.82, 2.24) is 41.7 Å². The van der Waals surface area contributed by atoms with E-state index >= 15 is 0 Å². The number of likely N-dealkylation sites (tertiary alicyclic amines) is 2. The van der Waals surface area contributed by atoms with E-state index in [0.717, 1.165) is 51.4 Å². The average molecular weight is 1110 g/mol. The lowest BCUT2D eigenvalue weighted by Gasteiger charge is -2.35.